The first-order valence-corrected chi connectivity index (χ1v) is 11.1. The van der Waals surface area contributed by atoms with E-state index in [0.717, 1.165) is 50.7 Å². The molecule has 0 aliphatic heterocycles. The highest BCUT2D eigenvalue weighted by Crippen LogP contribution is 2.64. The van der Waals surface area contributed by atoms with Gasteiger partial charge >= 0.3 is 0 Å². The second-order valence-electron chi connectivity index (χ2n) is 9.32. The number of aldehydes is 1. The van der Waals surface area contributed by atoms with Crippen molar-refractivity contribution in [2.45, 2.75) is 37.0 Å². The summed E-state index contributed by atoms with van der Waals surface area (Å²) in [6, 6.07) is 26.8. The van der Waals surface area contributed by atoms with Crippen molar-refractivity contribution < 1.29 is 9.59 Å². The molecule has 2 aliphatic rings. The Morgan fingerprint density at radius 3 is 2.44 bits per heavy atom. The molecule has 32 heavy (non-hydrogen) atoms. The van der Waals surface area contributed by atoms with Crippen LogP contribution in [0.2, 0.25) is 0 Å². The number of carbonyl (C=O) groups excluding carboxylic acids is 2. The third-order valence-electron chi connectivity index (χ3n) is 7.75. The van der Waals surface area contributed by atoms with Crippen molar-refractivity contribution in [1.29, 1.82) is 0 Å². The summed E-state index contributed by atoms with van der Waals surface area (Å²) in [5, 5.41) is 1.06. The SMILES string of the molecule is CC12CC(=O)CC1(CC=O)c1c(nc3ccccc3c1-c1ccccc1)-c1ccccc12. The maximum Gasteiger partial charge on any atom is 0.134 e. The molecule has 3 aromatic carbocycles. The van der Waals surface area contributed by atoms with Gasteiger partial charge in [0, 0.05) is 41.0 Å². The van der Waals surface area contributed by atoms with Crippen LogP contribution in [0.25, 0.3) is 33.3 Å². The van der Waals surface area contributed by atoms with Crippen LogP contribution in [0.5, 0.6) is 0 Å². The average molecular weight is 418 g/mol. The first-order chi connectivity index (χ1) is 15.6. The molecule has 3 heteroatoms. The molecule has 2 unspecified atom stereocenters. The molecule has 2 atom stereocenters. The van der Waals surface area contributed by atoms with Crippen molar-refractivity contribution in [1.82, 2.24) is 4.98 Å². The standard InChI is InChI=1S/C29H23NO2/c1-28-17-20(32)18-29(28,15-16-31)26-25(19-9-3-2-4-10-19)22-12-6-8-14-24(22)30-27(26)21-11-5-7-13-23(21)28/h2-14,16H,15,17-18H2,1H3. The monoisotopic (exact) mass is 417 g/mol. The Balaban J connectivity index is 1.87. The summed E-state index contributed by atoms with van der Waals surface area (Å²) in [5.74, 6) is 0.212. The lowest BCUT2D eigenvalue weighted by molar-refractivity contribution is -0.117. The van der Waals surface area contributed by atoms with Crippen molar-refractivity contribution in [3.63, 3.8) is 0 Å². The van der Waals surface area contributed by atoms with E-state index < -0.39 is 10.8 Å². The first kappa shape index (κ1) is 19.1. The molecule has 6 rings (SSSR count). The van der Waals surface area contributed by atoms with Crippen LogP contribution in [-0.2, 0) is 20.4 Å². The number of aromatic nitrogens is 1. The second kappa shape index (κ2) is 6.70. The number of carbonyl (C=O) groups is 2. The van der Waals surface area contributed by atoms with Crippen LogP contribution < -0.4 is 0 Å². The van der Waals surface area contributed by atoms with Gasteiger partial charge in [0.2, 0.25) is 0 Å². The van der Waals surface area contributed by atoms with E-state index in [1.54, 1.807) is 0 Å². The fourth-order valence-electron chi connectivity index (χ4n) is 6.36. The molecule has 4 aromatic rings. The molecule has 0 saturated heterocycles. The van der Waals surface area contributed by atoms with Gasteiger partial charge < -0.3 is 4.79 Å². The molecule has 156 valence electrons. The molecule has 0 bridgehead atoms. The largest absolute Gasteiger partial charge is 0.303 e. The summed E-state index contributed by atoms with van der Waals surface area (Å²) in [4.78, 5) is 30.4. The summed E-state index contributed by atoms with van der Waals surface area (Å²) in [6.45, 7) is 2.17. The lowest BCUT2D eigenvalue weighted by Gasteiger charge is -2.49. The van der Waals surface area contributed by atoms with E-state index in [1.807, 2.05) is 48.5 Å². The topological polar surface area (TPSA) is 47.0 Å². The summed E-state index contributed by atoms with van der Waals surface area (Å²) < 4.78 is 0. The zero-order valence-corrected chi connectivity index (χ0v) is 18.0. The van der Waals surface area contributed by atoms with Crippen LogP contribution in [0.4, 0.5) is 0 Å². The van der Waals surface area contributed by atoms with Gasteiger partial charge in [0.1, 0.15) is 12.1 Å². The number of Topliss-reactive ketones (excluding diaryl/α,β-unsaturated/α-hetero) is 1. The van der Waals surface area contributed by atoms with Crippen LogP contribution >= 0.6 is 0 Å². The van der Waals surface area contributed by atoms with Gasteiger partial charge in [0.25, 0.3) is 0 Å². The Morgan fingerprint density at radius 2 is 1.62 bits per heavy atom. The van der Waals surface area contributed by atoms with E-state index in [9.17, 15) is 9.59 Å². The van der Waals surface area contributed by atoms with Gasteiger partial charge in [-0.2, -0.15) is 0 Å². The number of fused-ring (bicyclic) bond motifs is 7. The molecule has 0 N–H and O–H groups in total. The van der Waals surface area contributed by atoms with Crippen molar-refractivity contribution >= 4 is 23.0 Å². The van der Waals surface area contributed by atoms with E-state index in [1.165, 1.54) is 0 Å². The Kier molecular flexibility index (Phi) is 4.00. The van der Waals surface area contributed by atoms with Gasteiger partial charge in [-0.05, 0) is 28.3 Å². The number of para-hydroxylation sites is 1. The quantitative estimate of drug-likeness (QED) is 0.382. The number of rotatable bonds is 3. The van der Waals surface area contributed by atoms with Crippen LogP contribution in [0, 0.1) is 0 Å². The number of hydrogen-bond acceptors (Lipinski definition) is 3. The predicted molar refractivity (Wildman–Crippen MR) is 127 cm³/mol. The highest BCUT2D eigenvalue weighted by Gasteiger charge is 2.61. The molecule has 1 saturated carbocycles. The zero-order chi connectivity index (χ0) is 21.9. The third kappa shape index (κ3) is 2.34. The van der Waals surface area contributed by atoms with E-state index in [0.29, 0.717) is 19.3 Å². The molecule has 0 amide bonds. The van der Waals surface area contributed by atoms with Crippen molar-refractivity contribution in [2.75, 3.05) is 0 Å². The average Bonchev–Trinajstić information content (AvgIpc) is 3.09. The van der Waals surface area contributed by atoms with E-state index in [2.05, 4.69) is 37.3 Å². The Hall–Kier alpha value is -3.59. The third-order valence-corrected chi connectivity index (χ3v) is 7.75. The number of ketones is 1. The molecule has 2 aliphatic carbocycles. The van der Waals surface area contributed by atoms with E-state index in [-0.39, 0.29) is 5.78 Å². The van der Waals surface area contributed by atoms with Gasteiger partial charge in [-0.25, -0.2) is 4.98 Å². The van der Waals surface area contributed by atoms with Gasteiger partial charge in [-0.1, -0.05) is 79.7 Å². The maximum atomic E-state index is 13.1. The van der Waals surface area contributed by atoms with Crippen molar-refractivity contribution in [2.24, 2.45) is 0 Å². The van der Waals surface area contributed by atoms with E-state index >= 15 is 0 Å². The zero-order valence-electron chi connectivity index (χ0n) is 18.0. The summed E-state index contributed by atoms with van der Waals surface area (Å²) in [7, 11) is 0. The number of hydrogen-bond donors (Lipinski definition) is 0. The Labute approximate surface area is 187 Å². The van der Waals surface area contributed by atoms with Crippen LogP contribution in [0.1, 0.15) is 37.3 Å². The van der Waals surface area contributed by atoms with Gasteiger partial charge in [0.15, 0.2) is 0 Å². The molecular weight excluding hydrogens is 394 g/mol. The Bertz CT molecular complexity index is 1410. The summed E-state index contributed by atoms with van der Waals surface area (Å²) in [6.07, 6.45) is 2.11. The first-order valence-electron chi connectivity index (χ1n) is 11.1. The molecule has 1 aromatic heterocycles. The van der Waals surface area contributed by atoms with Crippen molar-refractivity contribution in [3.8, 4) is 22.4 Å². The maximum absolute atomic E-state index is 13.1. The summed E-state index contributed by atoms with van der Waals surface area (Å²) in [5.41, 5.74) is 6.21. The summed E-state index contributed by atoms with van der Waals surface area (Å²) >= 11 is 0. The lowest BCUT2D eigenvalue weighted by Crippen LogP contribution is -2.46. The van der Waals surface area contributed by atoms with Gasteiger partial charge in [-0.3, -0.25) is 4.79 Å². The minimum Gasteiger partial charge on any atom is -0.303 e. The minimum atomic E-state index is -0.613. The molecule has 3 nitrogen and oxygen atoms in total. The van der Waals surface area contributed by atoms with Crippen molar-refractivity contribution in [3.05, 3.63) is 90.0 Å². The van der Waals surface area contributed by atoms with Gasteiger partial charge in [-0.15, -0.1) is 0 Å². The fraction of sp³-hybridized carbons (Fsp3) is 0.207. The number of nitrogens with zero attached hydrogens (tertiary/aromatic N) is 1. The second-order valence-corrected chi connectivity index (χ2v) is 9.32. The van der Waals surface area contributed by atoms with Crippen LogP contribution in [0.3, 0.4) is 0 Å². The minimum absolute atomic E-state index is 0.212. The molecule has 0 radical (unpaired) electrons. The smallest absolute Gasteiger partial charge is 0.134 e. The normalized spacial score (nSPS) is 23.5. The molecule has 0 spiro atoms. The molecule has 1 fully saturated rings. The van der Waals surface area contributed by atoms with Gasteiger partial charge in [0.05, 0.1) is 11.2 Å². The highest BCUT2D eigenvalue weighted by molar-refractivity contribution is 6.03. The molecular formula is C29H23NO2. The number of pyridine rings is 1. The highest BCUT2D eigenvalue weighted by atomic mass is 16.1. The van der Waals surface area contributed by atoms with Crippen LogP contribution in [-0.4, -0.2) is 17.1 Å². The number of benzene rings is 3. The predicted octanol–water partition coefficient (Wildman–Crippen LogP) is 6.03. The fourth-order valence-corrected chi connectivity index (χ4v) is 6.36. The van der Waals surface area contributed by atoms with E-state index in [4.69, 9.17) is 4.98 Å². The Morgan fingerprint density at radius 1 is 0.906 bits per heavy atom. The lowest BCUT2D eigenvalue weighted by atomic mass is 9.53. The van der Waals surface area contributed by atoms with Crippen LogP contribution in [0.15, 0.2) is 78.9 Å². The molecule has 1 heterocycles.